The van der Waals surface area contributed by atoms with Crippen LogP contribution in [0, 0.1) is 0 Å². The maximum Gasteiger partial charge on any atom is 0.255 e. The Hall–Kier alpha value is -2.75. The van der Waals surface area contributed by atoms with Crippen molar-refractivity contribution >= 4 is 28.2 Å². The number of fused-ring (bicyclic) bond motifs is 1. The van der Waals surface area contributed by atoms with E-state index >= 15 is 0 Å². The lowest BCUT2D eigenvalue weighted by molar-refractivity contribution is 0.102. The number of H-pyrrole nitrogens is 1. The van der Waals surface area contributed by atoms with Crippen LogP contribution < -0.4 is 11.1 Å². The van der Waals surface area contributed by atoms with Crippen LogP contribution in [0.25, 0.3) is 10.9 Å². The van der Waals surface area contributed by atoms with Crippen molar-refractivity contribution < 1.29 is 4.79 Å². The Morgan fingerprint density at radius 2 is 1.84 bits per heavy atom. The molecule has 0 atom stereocenters. The third kappa shape index (κ3) is 2.15. The van der Waals surface area contributed by atoms with E-state index in [-0.39, 0.29) is 5.91 Å². The number of amides is 1. The Morgan fingerprint density at radius 1 is 1.05 bits per heavy atom. The molecule has 4 nitrogen and oxygen atoms in total. The molecule has 19 heavy (non-hydrogen) atoms. The monoisotopic (exact) mass is 251 g/mol. The van der Waals surface area contributed by atoms with Gasteiger partial charge in [-0.25, -0.2) is 0 Å². The predicted octanol–water partition coefficient (Wildman–Crippen LogP) is 3.00. The van der Waals surface area contributed by atoms with Gasteiger partial charge in [0, 0.05) is 28.4 Å². The number of hydrogen-bond acceptors (Lipinski definition) is 2. The summed E-state index contributed by atoms with van der Waals surface area (Å²) in [5.74, 6) is -0.145. The highest BCUT2D eigenvalue weighted by molar-refractivity contribution is 6.08. The average Bonchev–Trinajstić information content (AvgIpc) is 2.89. The number of rotatable bonds is 2. The van der Waals surface area contributed by atoms with E-state index in [4.69, 9.17) is 5.73 Å². The lowest BCUT2D eigenvalue weighted by atomic mass is 10.1. The number of nitrogens with two attached hydrogens (primary N) is 1. The molecule has 1 aromatic heterocycles. The number of aromatic amines is 1. The van der Waals surface area contributed by atoms with E-state index in [9.17, 15) is 4.79 Å². The van der Waals surface area contributed by atoms with Crippen LogP contribution in [0.5, 0.6) is 0 Å². The average molecular weight is 251 g/mol. The van der Waals surface area contributed by atoms with E-state index in [2.05, 4.69) is 10.3 Å². The lowest BCUT2D eigenvalue weighted by Gasteiger charge is -2.06. The normalized spacial score (nSPS) is 10.5. The molecule has 0 aliphatic rings. The fraction of sp³-hybridized carbons (Fsp3) is 0. The van der Waals surface area contributed by atoms with Crippen molar-refractivity contribution in [3.8, 4) is 0 Å². The number of nitrogen functional groups attached to an aromatic ring is 1. The number of nitrogens with one attached hydrogen (secondary N) is 2. The van der Waals surface area contributed by atoms with Crippen LogP contribution in [0.2, 0.25) is 0 Å². The highest BCUT2D eigenvalue weighted by atomic mass is 16.1. The molecule has 94 valence electrons. The first-order valence-electron chi connectivity index (χ1n) is 5.97. The van der Waals surface area contributed by atoms with Crippen molar-refractivity contribution in [3.63, 3.8) is 0 Å². The van der Waals surface area contributed by atoms with Gasteiger partial charge in [0.1, 0.15) is 0 Å². The molecule has 4 heteroatoms. The number of hydrogen-bond donors (Lipinski definition) is 3. The van der Waals surface area contributed by atoms with Crippen LogP contribution in [0.1, 0.15) is 10.4 Å². The molecule has 4 N–H and O–H groups in total. The Labute approximate surface area is 110 Å². The molecule has 3 rings (SSSR count). The lowest BCUT2D eigenvalue weighted by Crippen LogP contribution is -2.11. The Morgan fingerprint density at radius 3 is 2.63 bits per heavy atom. The minimum Gasteiger partial charge on any atom is -0.399 e. The van der Waals surface area contributed by atoms with Crippen LogP contribution in [-0.4, -0.2) is 10.9 Å². The van der Waals surface area contributed by atoms with Crippen LogP contribution in [-0.2, 0) is 0 Å². The minimum atomic E-state index is -0.145. The van der Waals surface area contributed by atoms with Crippen LogP contribution in [0.3, 0.4) is 0 Å². The van der Waals surface area contributed by atoms with Crippen molar-refractivity contribution in [1.82, 2.24) is 4.98 Å². The fourth-order valence-corrected chi connectivity index (χ4v) is 2.02. The molecule has 0 saturated heterocycles. The zero-order valence-electron chi connectivity index (χ0n) is 10.2. The summed E-state index contributed by atoms with van der Waals surface area (Å²) in [6.45, 7) is 0. The summed E-state index contributed by atoms with van der Waals surface area (Å²) in [5, 5.41) is 3.90. The summed E-state index contributed by atoms with van der Waals surface area (Å²) < 4.78 is 0. The Balaban J connectivity index is 1.90. The van der Waals surface area contributed by atoms with Crippen molar-refractivity contribution in [3.05, 3.63) is 60.3 Å². The maximum absolute atomic E-state index is 12.1. The number of aromatic nitrogens is 1. The van der Waals surface area contributed by atoms with E-state index < -0.39 is 0 Å². The van der Waals surface area contributed by atoms with Gasteiger partial charge in [-0.05, 0) is 42.5 Å². The first-order valence-corrected chi connectivity index (χ1v) is 5.97. The molecule has 0 saturated carbocycles. The van der Waals surface area contributed by atoms with Gasteiger partial charge in [0.25, 0.3) is 5.91 Å². The molecule has 0 radical (unpaired) electrons. The van der Waals surface area contributed by atoms with Crippen molar-refractivity contribution in [2.45, 2.75) is 0 Å². The van der Waals surface area contributed by atoms with Gasteiger partial charge in [-0.1, -0.05) is 6.07 Å². The maximum atomic E-state index is 12.1. The molecule has 0 spiro atoms. The third-order valence-corrected chi connectivity index (χ3v) is 3.02. The first-order chi connectivity index (χ1) is 9.24. The quantitative estimate of drug-likeness (QED) is 0.613. The summed E-state index contributed by atoms with van der Waals surface area (Å²) in [6, 6.07) is 14.5. The second-order valence-electron chi connectivity index (χ2n) is 4.32. The standard InChI is InChI=1S/C15H13N3O/c16-11-6-4-10(5-7-11)15(19)18-14-3-1-2-13-12(14)8-9-17-13/h1-9,17H,16H2,(H,18,19). The number of benzene rings is 2. The summed E-state index contributed by atoms with van der Waals surface area (Å²) in [7, 11) is 0. The highest BCUT2D eigenvalue weighted by Gasteiger charge is 2.08. The number of anilines is 2. The molecule has 0 unspecified atom stereocenters. The summed E-state index contributed by atoms with van der Waals surface area (Å²) in [6.07, 6.45) is 1.85. The second-order valence-corrected chi connectivity index (χ2v) is 4.32. The van der Waals surface area contributed by atoms with Gasteiger partial charge in [0.05, 0.1) is 5.69 Å². The SMILES string of the molecule is Nc1ccc(C(=O)Nc2cccc3[nH]ccc23)cc1. The van der Waals surface area contributed by atoms with Crippen LogP contribution in [0.15, 0.2) is 54.7 Å². The minimum absolute atomic E-state index is 0.145. The number of carbonyl (C=O) groups excluding carboxylic acids is 1. The van der Waals surface area contributed by atoms with Gasteiger partial charge in [0.15, 0.2) is 0 Å². The van der Waals surface area contributed by atoms with Crippen molar-refractivity contribution in [2.24, 2.45) is 0 Å². The van der Waals surface area contributed by atoms with E-state index in [1.807, 2.05) is 30.5 Å². The zero-order chi connectivity index (χ0) is 13.2. The largest absolute Gasteiger partial charge is 0.399 e. The first kappa shape index (κ1) is 11.3. The molecule has 2 aromatic carbocycles. The van der Waals surface area contributed by atoms with Gasteiger partial charge in [-0.2, -0.15) is 0 Å². The fourth-order valence-electron chi connectivity index (χ4n) is 2.02. The van der Waals surface area contributed by atoms with Gasteiger partial charge < -0.3 is 16.0 Å². The summed E-state index contributed by atoms with van der Waals surface area (Å²) >= 11 is 0. The van der Waals surface area contributed by atoms with Crippen molar-refractivity contribution in [2.75, 3.05) is 11.1 Å². The van der Waals surface area contributed by atoms with Gasteiger partial charge in [-0.3, -0.25) is 4.79 Å². The second kappa shape index (κ2) is 4.49. The third-order valence-electron chi connectivity index (χ3n) is 3.02. The van der Waals surface area contributed by atoms with Crippen LogP contribution in [0.4, 0.5) is 11.4 Å². The van der Waals surface area contributed by atoms with E-state index in [1.54, 1.807) is 24.3 Å². The molecule has 0 bridgehead atoms. The van der Waals surface area contributed by atoms with Crippen molar-refractivity contribution in [1.29, 1.82) is 0 Å². The molecule has 1 amide bonds. The predicted molar refractivity (Wildman–Crippen MR) is 77.1 cm³/mol. The Kier molecular flexibility index (Phi) is 2.68. The van der Waals surface area contributed by atoms with E-state index in [1.165, 1.54) is 0 Å². The molecular weight excluding hydrogens is 238 g/mol. The molecule has 3 aromatic rings. The topological polar surface area (TPSA) is 70.9 Å². The van der Waals surface area contributed by atoms with E-state index in [0.29, 0.717) is 11.3 Å². The van der Waals surface area contributed by atoms with Gasteiger partial charge >= 0.3 is 0 Å². The molecular formula is C15H13N3O. The summed E-state index contributed by atoms with van der Waals surface area (Å²) in [4.78, 5) is 15.2. The smallest absolute Gasteiger partial charge is 0.255 e. The van der Waals surface area contributed by atoms with E-state index in [0.717, 1.165) is 16.6 Å². The van der Waals surface area contributed by atoms with Gasteiger partial charge in [-0.15, -0.1) is 0 Å². The van der Waals surface area contributed by atoms with Gasteiger partial charge in [0.2, 0.25) is 0 Å². The molecule has 0 aliphatic carbocycles. The molecule has 1 heterocycles. The zero-order valence-corrected chi connectivity index (χ0v) is 10.2. The highest BCUT2D eigenvalue weighted by Crippen LogP contribution is 2.22. The Bertz CT molecular complexity index is 728. The summed E-state index contributed by atoms with van der Waals surface area (Å²) in [5.41, 5.74) is 8.62. The molecule has 0 fully saturated rings. The van der Waals surface area contributed by atoms with Crippen LogP contribution >= 0.6 is 0 Å². The molecule has 0 aliphatic heterocycles. The number of carbonyl (C=O) groups is 1.